The van der Waals surface area contributed by atoms with Crippen molar-refractivity contribution in [3.05, 3.63) is 52.6 Å². The van der Waals surface area contributed by atoms with Gasteiger partial charge in [0.05, 0.1) is 31.0 Å². The average Bonchev–Trinajstić information content (AvgIpc) is 3.12. The molecule has 1 saturated heterocycles. The van der Waals surface area contributed by atoms with Crippen LogP contribution in [-0.2, 0) is 9.47 Å². The Kier molecular flexibility index (Phi) is 6.33. The second-order valence-electron chi connectivity index (χ2n) is 14.3. The largest absolute Gasteiger partial charge is 0.392 e. The minimum atomic E-state index is -0.900. The molecule has 4 aliphatic carbocycles. The van der Waals surface area contributed by atoms with Gasteiger partial charge < -0.3 is 24.8 Å². The number of fused-ring (bicyclic) bond motifs is 4. The fourth-order valence-corrected chi connectivity index (χ4v) is 8.80. The summed E-state index contributed by atoms with van der Waals surface area (Å²) in [6.07, 6.45) is 10.3. The summed E-state index contributed by atoms with van der Waals surface area (Å²) in [7, 11) is 0. The van der Waals surface area contributed by atoms with Gasteiger partial charge in [-0.25, -0.2) is 0 Å². The molecule has 5 nitrogen and oxygen atoms in total. The van der Waals surface area contributed by atoms with Gasteiger partial charge in [-0.3, -0.25) is 0 Å². The first-order valence-corrected chi connectivity index (χ1v) is 14.7. The Morgan fingerprint density at radius 1 is 0.947 bits per heavy atom. The summed E-state index contributed by atoms with van der Waals surface area (Å²) in [5.41, 5.74) is 3.27. The molecule has 1 aromatic rings. The Morgan fingerprint density at radius 2 is 1.66 bits per heavy atom. The van der Waals surface area contributed by atoms with E-state index in [9.17, 15) is 15.3 Å². The van der Waals surface area contributed by atoms with Gasteiger partial charge in [0, 0.05) is 29.6 Å². The van der Waals surface area contributed by atoms with Crippen LogP contribution in [0.2, 0.25) is 0 Å². The summed E-state index contributed by atoms with van der Waals surface area (Å²) in [4.78, 5) is 0. The van der Waals surface area contributed by atoms with Gasteiger partial charge in [0.2, 0.25) is 0 Å². The summed E-state index contributed by atoms with van der Waals surface area (Å²) in [6, 6.07) is 8.68. The lowest BCUT2D eigenvalue weighted by Crippen LogP contribution is -2.58. The van der Waals surface area contributed by atoms with Crippen LogP contribution in [0, 0.1) is 22.7 Å². The zero-order valence-electron chi connectivity index (χ0n) is 23.6. The van der Waals surface area contributed by atoms with E-state index in [4.69, 9.17) is 9.47 Å². The van der Waals surface area contributed by atoms with Gasteiger partial charge in [0.25, 0.3) is 0 Å². The normalized spacial score (nSPS) is 41.7. The van der Waals surface area contributed by atoms with Gasteiger partial charge >= 0.3 is 0 Å². The van der Waals surface area contributed by atoms with E-state index in [1.54, 1.807) is 6.08 Å². The predicted molar refractivity (Wildman–Crippen MR) is 148 cm³/mol. The van der Waals surface area contributed by atoms with Crippen LogP contribution in [0.4, 0.5) is 0 Å². The number of hydrogen-bond acceptors (Lipinski definition) is 5. The number of allylic oxidation sites excluding steroid dienone is 1. The number of hydrogen-bond donors (Lipinski definition) is 3. The highest BCUT2D eigenvalue weighted by Crippen LogP contribution is 2.67. The third-order valence-corrected chi connectivity index (χ3v) is 11.2. The zero-order valence-corrected chi connectivity index (χ0v) is 23.6. The molecule has 6 atom stereocenters. The quantitative estimate of drug-likeness (QED) is 0.442. The van der Waals surface area contributed by atoms with Crippen molar-refractivity contribution in [1.82, 2.24) is 0 Å². The fraction of sp³-hybridized carbons (Fsp3) is 0.697. The molecule has 6 rings (SSSR count). The molecule has 1 aromatic carbocycles. The highest BCUT2D eigenvalue weighted by atomic mass is 16.7. The molecule has 1 heterocycles. The molecule has 5 aliphatic rings. The van der Waals surface area contributed by atoms with E-state index in [0.717, 1.165) is 50.5 Å². The summed E-state index contributed by atoms with van der Waals surface area (Å²) in [5.74, 6) is 0.312. The molecule has 1 spiro atoms. The second-order valence-corrected chi connectivity index (χ2v) is 14.3. The van der Waals surface area contributed by atoms with Gasteiger partial charge in [0.15, 0.2) is 5.79 Å². The highest BCUT2D eigenvalue weighted by Gasteiger charge is 2.63. The molecular weight excluding hydrogens is 476 g/mol. The van der Waals surface area contributed by atoms with Crippen LogP contribution in [0.25, 0.3) is 6.08 Å². The first-order chi connectivity index (χ1) is 17.9. The van der Waals surface area contributed by atoms with Crippen LogP contribution < -0.4 is 0 Å². The third kappa shape index (κ3) is 4.16. The number of aliphatic hydroxyl groups excluding tert-OH is 1. The SMILES string of the molecule is CC1(C)COC2(CCC3=C4C(CCC3(O)C2)C2CCC(C)(O)[C@@]2(C)C[C@@H]4c2ccc(/C=C/CO)cc2)OC1. The van der Waals surface area contributed by atoms with Crippen LogP contribution in [0.5, 0.6) is 0 Å². The maximum atomic E-state index is 12.3. The van der Waals surface area contributed by atoms with Crippen molar-refractivity contribution in [2.75, 3.05) is 19.8 Å². The van der Waals surface area contributed by atoms with Crippen molar-refractivity contribution in [2.45, 2.75) is 102 Å². The van der Waals surface area contributed by atoms with Crippen molar-refractivity contribution in [2.24, 2.45) is 22.7 Å². The van der Waals surface area contributed by atoms with Gasteiger partial charge in [-0.05, 0) is 74.0 Å². The lowest BCUT2D eigenvalue weighted by Gasteiger charge is -2.58. The van der Waals surface area contributed by atoms with Gasteiger partial charge in [-0.15, -0.1) is 0 Å². The van der Waals surface area contributed by atoms with E-state index in [0.29, 0.717) is 31.5 Å². The molecule has 38 heavy (non-hydrogen) atoms. The monoisotopic (exact) mass is 522 g/mol. The molecule has 208 valence electrons. The predicted octanol–water partition coefficient (Wildman–Crippen LogP) is 5.74. The van der Waals surface area contributed by atoms with Crippen molar-refractivity contribution < 1.29 is 24.8 Å². The van der Waals surface area contributed by atoms with Crippen LogP contribution in [0.15, 0.2) is 41.5 Å². The summed E-state index contributed by atoms with van der Waals surface area (Å²) >= 11 is 0. The summed E-state index contributed by atoms with van der Waals surface area (Å²) < 4.78 is 12.8. The molecule has 5 heteroatoms. The van der Waals surface area contributed by atoms with E-state index in [2.05, 4.69) is 45.0 Å². The Labute approximate surface area is 227 Å². The molecule has 3 N–H and O–H groups in total. The second kappa shape index (κ2) is 9.01. The molecule has 4 fully saturated rings. The van der Waals surface area contributed by atoms with Crippen LogP contribution in [0.3, 0.4) is 0 Å². The van der Waals surface area contributed by atoms with Gasteiger partial charge in [0.1, 0.15) is 0 Å². The van der Waals surface area contributed by atoms with Gasteiger partial charge in [-0.1, -0.05) is 62.8 Å². The molecule has 0 amide bonds. The topological polar surface area (TPSA) is 79.2 Å². The first-order valence-electron chi connectivity index (χ1n) is 14.7. The number of aliphatic hydroxyl groups is 3. The van der Waals surface area contributed by atoms with E-state index in [1.807, 2.05) is 13.0 Å². The molecule has 0 aromatic heterocycles. The van der Waals surface area contributed by atoms with E-state index < -0.39 is 17.0 Å². The fourth-order valence-electron chi connectivity index (χ4n) is 8.80. The summed E-state index contributed by atoms with van der Waals surface area (Å²) in [5, 5.41) is 33.1. The number of ether oxygens (including phenoxy) is 2. The van der Waals surface area contributed by atoms with Crippen LogP contribution in [-0.4, -0.2) is 52.1 Å². The standard InChI is InChI=1S/C33H46O5/c1-29(2)20-37-33(38-21-29)16-13-27-28-24(11-15-32(27,36)19-33)26-12-14-31(4,35)30(26,3)18-25(28)23-9-7-22(8-10-23)6-5-17-34/h5-10,24-26,34-36H,11-21H2,1-4H3/b6-5+/t24?,25-,26?,30+,31?,32?/m1/s1. The first kappa shape index (κ1) is 26.7. The molecule has 4 unspecified atom stereocenters. The molecule has 3 saturated carbocycles. The zero-order chi connectivity index (χ0) is 27.0. The minimum Gasteiger partial charge on any atom is -0.392 e. The lowest BCUT2D eigenvalue weighted by atomic mass is 9.50. The van der Waals surface area contributed by atoms with Crippen molar-refractivity contribution in [3.63, 3.8) is 0 Å². The highest BCUT2D eigenvalue weighted by molar-refractivity contribution is 5.51. The summed E-state index contributed by atoms with van der Waals surface area (Å²) in [6.45, 7) is 10.1. The smallest absolute Gasteiger partial charge is 0.171 e. The van der Waals surface area contributed by atoms with E-state index in [1.165, 1.54) is 16.7 Å². The Balaban J connectivity index is 1.41. The molecule has 0 bridgehead atoms. The third-order valence-electron chi connectivity index (χ3n) is 11.2. The van der Waals surface area contributed by atoms with Crippen LogP contribution in [0.1, 0.15) is 96.1 Å². The Bertz CT molecular complexity index is 1120. The maximum absolute atomic E-state index is 12.3. The molecule has 1 aliphatic heterocycles. The average molecular weight is 523 g/mol. The lowest BCUT2D eigenvalue weighted by molar-refractivity contribution is -0.322. The Morgan fingerprint density at radius 3 is 2.34 bits per heavy atom. The van der Waals surface area contributed by atoms with Crippen molar-refractivity contribution in [3.8, 4) is 0 Å². The van der Waals surface area contributed by atoms with Crippen molar-refractivity contribution in [1.29, 1.82) is 0 Å². The number of rotatable bonds is 3. The van der Waals surface area contributed by atoms with Crippen molar-refractivity contribution >= 4 is 6.08 Å². The Hall–Kier alpha value is -1.50. The number of benzene rings is 1. The maximum Gasteiger partial charge on any atom is 0.171 e. The van der Waals surface area contributed by atoms with E-state index >= 15 is 0 Å². The van der Waals surface area contributed by atoms with Crippen LogP contribution >= 0.6 is 0 Å². The molecule has 0 radical (unpaired) electrons. The van der Waals surface area contributed by atoms with Gasteiger partial charge in [-0.2, -0.15) is 0 Å². The van der Waals surface area contributed by atoms with E-state index in [-0.39, 0.29) is 23.4 Å². The molecular formula is C33H46O5. The minimum absolute atomic E-state index is 0.00113.